The monoisotopic (exact) mass is 571 g/mol. The summed E-state index contributed by atoms with van der Waals surface area (Å²) in [6.07, 6.45) is 3.32. The van der Waals surface area contributed by atoms with Crippen LogP contribution in [0, 0.1) is 11.8 Å². The number of alkyl carbamates (subject to hydrolysis) is 1. The fourth-order valence-electron chi connectivity index (χ4n) is 6.04. The third kappa shape index (κ3) is 8.42. The van der Waals surface area contributed by atoms with Gasteiger partial charge in [0, 0.05) is 56.9 Å². The molecule has 226 valence electrons. The minimum atomic E-state index is -0.561. The molecule has 0 unspecified atom stereocenters. The lowest BCUT2D eigenvalue weighted by Gasteiger charge is -2.34. The van der Waals surface area contributed by atoms with Gasteiger partial charge in [-0.05, 0) is 83.1 Å². The number of nitrogens with one attached hydrogen (secondary N) is 3. The van der Waals surface area contributed by atoms with Crippen molar-refractivity contribution in [2.75, 3.05) is 51.7 Å². The highest BCUT2D eigenvalue weighted by Crippen LogP contribution is 2.33. The molecule has 4 rings (SSSR count). The molecule has 3 aliphatic rings. The average molecular weight is 572 g/mol. The van der Waals surface area contributed by atoms with Crippen molar-refractivity contribution in [1.82, 2.24) is 20.4 Å². The molecule has 1 saturated carbocycles. The van der Waals surface area contributed by atoms with Crippen molar-refractivity contribution < 1.29 is 28.7 Å². The summed E-state index contributed by atoms with van der Waals surface area (Å²) in [4.78, 5) is 55.4. The quantitative estimate of drug-likeness (QED) is 0.426. The van der Waals surface area contributed by atoms with E-state index in [2.05, 4.69) is 20.9 Å². The zero-order valence-corrected chi connectivity index (χ0v) is 24.7. The number of rotatable bonds is 7. The number of carbonyl (C=O) groups excluding carboxylic acids is 4. The van der Waals surface area contributed by atoms with Crippen LogP contribution in [0.4, 0.5) is 10.5 Å². The number of piperazine rings is 1. The molecule has 2 heterocycles. The van der Waals surface area contributed by atoms with Crippen LogP contribution in [-0.4, -0.2) is 97.7 Å². The smallest absolute Gasteiger partial charge is 0.407 e. The first-order valence-electron chi connectivity index (χ1n) is 14.8. The molecule has 3 N–H and O–H groups in total. The van der Waals surface area contributed by atoms with Crippen molar-refractivity contribution in [3.8, 4) is 0 Å². The maximum Gasteiger partial charge on any atom is 0.407 e. The maximum atomic E-state index is 13.9. The molecule has 3 amide bonds. The van der Waals surface area contributed by atoms with E-state index in [0.29, 0.717) is 36.7 Å². The highest BCUT2D eigenvalue weighted by Gasteiger charge is 2.44. The van der Waals surface area contributed by atoms with Gasteiger partial charge in [-0.3, -0.25) is 14.5 Å². The van der Waals surface area contributed by atoms with Gasteiger partial charge in [-0.15, -0.1) is 0 Å². The van der Waals surface area contributed by atoms with E-state index >= 15 is 0 Å². The van der Waals surface area contributed by atoms with Gasteiger partial charge in [-0.25, -0.2) is 9.59 Å². The van der Waals surface area contributed by atoms with Gasteiger partial charge in [-0.2, -0.15) is 0 Å². The first kappa shape index (κ1) is 30.8. The Bertz CT molecular complexity index is 1070. The zero-order chi connectivity index (χ0) is 29.6. The van der Waals surface area contributed by atoms with Crippen LogP contribution in [-0.2, 0) is 19.1 Å². The van der Waals surface area contributed by atoms with E-state index < -0.39 is 23.7 Å². The van der Waals surface area contributed by atoms with Gasteiger partial charge in [0.25, 0.3) is 0 Å². The summed E-state index contributed by atoms with van der Waals surface area (Å²) in [7, 11) is 1.33. The molecule has 11 heteroatoms. The molecule has 0 spiro atoms. The Labute approximate surface area is 242 Å². The zero-order valence-electron chi connectivity index (χ0n) is 24.7. The van der Waals surface area contributed by atoms with Gasteiger partial charge in [0.15, 0.2) is 0 Å². The molecule has 1 aromatic carbocycles. The SMILES string of the molecule is COC(=O)c1ccc(NC(=O)[C@@H]2C[C@H](N3CCNCC3)CN2C(=O)C2CCC(CNC(=O)OC(C)(C)C)CC2)cc1. The first-order valence-corrected chi connectivity index (χ1v) is 14.8. The van der Waals surface area contributed by atoms with Crippen LogP contribution in [0.25, 0.3) is 0 Å². The number of carbonyl (C=O) groups is 4. The van der Waals surface area contributed by atoms with Crippen LogP contribution in [0.15, 0.2) is 24.3 Å². The summed E-state index contributed by atoms with van der Waals surface area (Å²) in [6, 6.07) is 6.14. The van der Waals surface area contributed by atoms with Gasteiger partial charge >= 0.3 is 12.1 Å². The molecular formula is C30H45N5O6. The van der Waals surface area contributed by atoms with Gasteiger partial charge in [-0.1, -0.05) is 0 Å². The summed E-state index contributed by atoms with van der Waals surface area (Å²) in [5.74, 6) is -0.445. The van der Waals surface area contributed by atoms with Crippen molar-refractivity contribution >= 4 is 29.6 Å². The second-order valence-electron chi connectivity index (χ2n) is 12.3. The lowest BCUT2D eigenvalue weighted by atomic mass is 9.81. The van der Waals surface area contributed by atoms with Crippen molar-refractivity contribution in [3.05, 3.63) is 29.8 Å². The Morgan fingerprint density at radius 2 is 1.66 bits per heavy atom. The highest BCUT2D eigenvalue weighted by atomic mass is 16.6. The summed E-state index contributed by atoms with van der Waals surface area (Å²) in [6.45, 7) is 10.2. The first-order chi connectivity index (χ1) is 19.5. The van der Waals surface area contributed by atoms with E-state index in [9.17, 15) is 19.2 Å². The fraction of sp³-hybridized carbons (Fsp3) is 0.667. The number of anilines is 1. The fourth-order valence-corrected chi connectivity index (χ4v) is 6.04. The third-order valence-corrected chi connectivity index (χ3v) is 8.24. The van der Waals surface area contributed by atoms with Crippen molar-refractivity contribution in [2.45, 2.75) is 70.6 Å². The number of ether oxygens (including phenoxy) is 2. The van der Waals surface area contributed by atoms with Crippen molar-refractivity contribution in [1.29, 1.82) is 0 Å². The largest absolute Gasteiger partial charge is 0.465 e. The molecule has 0 aromatic heterocycles. The molecule has 2 aliphatic heterocycles. The molecule has 0 bridgehead atoms. The van der Waals surface area contributed by atoms with E-state index in [0.717, 1.165) is 51.9 Å². The molecular weight excluding hydrogens is 526 g/mol. The van der Waals surface area contributed by atoms with Gasteiger partial charge in [0.1, 0.15) is 11.6 Å². The lowest BCUT2D eigenvalue weighted by molar-refractivity contribution is -0.141. The van der Waals surface area contributed by atoms with E-state index in [-0.39, 0.29) is 23.8 Å². The van der Waals surface area contributed by atoms with Gasteiger partial charge < -0.3 is 30.3 Å². The molecule has 41 heavy (non-hydrogen) atoms. The molecule has 11 nitrogen and oxygen atoms in total. The van der Waals surface area contributed by atoms with Gasteiger partial charge in [0.05, 0.1) is 12.7 Å². The predicted molar refractivity (Wildman–Crippen MR) is 154 cm³/mol. The van der Waals surface area contributed by atoms with Crippen LogP contribution in [0.2, 0.25) is 0 Å². The van der Waals surface area contributed by atoms with Crippen LogP contribution in [0.5, 0.6) is 0 Å². The molecule has 2 atom stereocenters. The van der Waals surface area contributed by atoms with E-state index in [1.807, 2.05) is 20.8 Å². The van der Waals surface area contributed by atoms with Crippen LogP contribution >= 0.6 is 0 Å². The second-order valence-corrected chi connectivity index (χ2v) is 12.3. The number of hydrogen-bond donors (Lipinski definition) is 3. The molecule has 3 fully saturated rings. The number of likely N-dealkylation sites (tertiary alicyclic amines) is 1. The van der Waals surface area contributed by atoms with E-state index in [1.54, 1.807) is 29.2 Å². The predicted octanol–water partition coefficient (Wildman–Crippen LogP) is 2.62. The topological polar surface area (TPSA) is 129 Å². The Morgan fingerprint density at radius 1 is 1.00 bits per heavy atom. The van der Waals surface area contributed by atoms with Crippen molar-refractivity contribution in [3.63, 3.8) is 0 Å². The number of methoxy groups -OCH3 is 1. The summed E-state index contributed by atoms with van der Waals surface area (Å²) in [5.41, 5.74) is 0.430. The van der Waals surface area contributed by atoms with Crippen LogP contribution in [0.3, 0.4) is 0 Å². The summed E-state index contributed by atoms with van der Waals surface area (Å²) in [5, 5.41) is 9.20. The number of hydrogen-bond acceptors (Lipinski definition) is 8. The normalized spacial score (nSPS) is 25.3. The number of esters is 1. The van der Waals surface area contributed by atoms with Crippen molar-refractivity contribution in [2.24, 2.45) is 11.8 Å². The number of nitrogens with zero attached hydrogens (tertiary/aromatic N) is 2. The van der Waals surface area contributed by atoms with Gasteiger partial charge in [0.2, 0.25) is 11.8 Å². The Hall–Kier alpha value is -3.18. The summed E-state index contributed by atoms with van der Waals surface area (Å²) < 4.78 is 10.1. The van der Waals surface area contributed by atoms with Crippen LogP contribution in [0.1, 0.15) is 63.2 Å². The molecule has 2 saturated heterocycles. The lowest BCUT2D eigenvalue weighted by Crippen LogP contribution is -2.50. The Balaban J connectivity index is 1.37. The highest BCUT2D eigenvalue weighted by molar-refractivity contribution is 5.98. The summed E-state index contributed by atoms with van der Waals surface area (Å²) >= 11 is 0. The Morgan fingerprint density at radius 3 is 2.27 bits per heavy atom. The molecule has 1 aromatic rings. The minimum absolute atomic E-state index is 0.0439. The Kier molecular flexibility index (Phi) is 10.2. The standard InChI is InChI=1S/C30H45N5O6/c1-30(2,3)41-29(39)32-18-20-5-7-21(8-6-20)27(37)35-19-24(34-15-13-31-14-16-34)17-25(35)26(36)33-23-11-9-22(10-12-23)28(38)40-4/h9-12,20-21,24-25,31H,5-8,13-19H2,1-4H3,(H,32,39)(H,33,36)/t20?,21?,24-,25-/m0/s1. The van der Waals surface area contributed by atoms with E-state index in [4.69, 9.17) is 9.47 Å². The average Bonchev–Trinajstić information content (AvgIpc) is 3.41. The van der Waals surface area contributed by atoms with E-state index in [1.165, 1.54) is 7.11 Å². The third-order valence-electron chi connectivity index (χ3n) is 8.24. The number of benzene rings is 1. The molecule has 1 aliphatic carbocycles. The van der Waals surface area contributed by atoms with Crippen LogP contribution < -0.4 is 16.0 Å². The minimum Gasteiger partial charge on any atom is -0.465 e. The number of amides is 3. The molecule has 0 radical (unpaired) electrons. The maximum absolute atomic E-state index is 13.9. The second kappa shape index (κ2) is 13.7.